The molecule has 1 saturated heterocycles. The van der Waals surface area contributed by atoms with Crippen molar-refractivity contribution in [3.05, 3.63) is 29.8 Å². The zero-order chi connectivity index (χ0) is 9.10. The highest BCUT2D eigenvalue weighted by Crippen LogP contribution is 2.17. The number of hydrogen-bond donors (Lipinski definition) is 0. The Bertz CT molecular complexity index is 262. The van der Waals surface area contributed by atoms with Gasteiger partial charge in [-0.15, -0.1) is 0 Å². The van der Waals surface area contributed by atoms with E-state index in [2.05, 4.69) is 36.1 Å². The van der Waals surface area contributed by atoms with E-state index in [1.54, 1.807) is 0 Å². The molecule has 0 unspecified atom stereocenters. The van der Waals surface area contributed by atoms with Gasteiger partial charge in [0.2, 0.25) is 0 Å². The Kier molecular flexibility index (Phi) is 2.50. The number of aryl methyl sites for hydroxylation is 1. The highest BCUT2D eigenvalue weighted by atomic mass is 16.5. The molecule has 2 heteroatoms. The molecule has 0 bridgehead atoms. The van der Waals surface area contributed by atoms with Crippen molar-refractivity contribution in [2.45, 2.75) is 13.3 Å². The van der Waals surface area contributed by atoms with E-state index in [1.807, 2.05) is 0 Å². The fourth-order valence-electron chi connectivity index (χ4n) is 1.56. The number of ether oxygens (including phenoxy) is 1. The summed E-state index contributed by atoms with van der Waals surface area (Å²) < 4.78 is 5.39. The molecule has 1 aromatic rings. The summed E-state index contributed by atoms with van der Waals surface area (Å²) in [6.07, 6.45) is 1.13. The maximum atomic E-state index is 5.39. The van der Waals surface area contributed by atoms with Gasteiger partial charge in [-0.25, -0.2) is 0 Å². The molecule has 0 aliphatic carbocycles. The van der Waals surface area contributed by atoms with Gasteiger partial charge in [-0.1, -0.05) is 17.7 Å². The summed E-state index contributed by atoms with van der Waals surface area (Å²) in [5, 5.41) is 0. The maximum Gasteiger partial charge on any atom is 0.118 e. The largest absolute Gasteiger partial charge is 0.361 e. The minimum atomic E-state index is 0.739. The number of nitrogens with zero attached hydrogens (tertiary/aromatic N) is 1. The van der Waals surface area contributed by atoms with Gasteiger partial charge in [0.1, 0.15) is 6.73 Å². The average Bonchev–Trinajstić information content (AvgIpc) is 2.20. The zero-order valence-electron chi connectivity index (χ0n) is 7.99. The van der Waals surface area contributed by atoms with Crippen LogP contribution in [0.5, 0.6) is 0 Å². The van der Waals surface area contributed by atoms with Crippen LogP contribution in [0, 0.1) is 6.92 Å². The third-order valence-corrected chi connectivity index (χ3v) is 2.36. The van der Waals surface area contributed by atoms with E-state index in [4.69, 9.17) is 4.74 Å². The Morgan fingerprint density at radius 1 is 1.23 bits per heavy atom. The van der Waals surface area contributed by atoms with Crippen LogP contribution < -0.4 is 4.90 Å². The smallest absolute Gasteiger partial charge is 0.118 e. The quantitative estimate of drug-likeness (QED) is 0.652. The first-order valence-corrected chi connectivity index (χ1v) is 4.75. The maximum absolute atomic E-state index is 5.39. The van der Waals surface area contributed by atoms with E-state index in [0.29, 0.717) is 0 Å². The second-order valence-electron chi connectivity index (χ2n) is 3.49. The molecule has 0 spiro atoms. The van der Waals surface area contributed by atoms with Gasteiger partial charge in [-0.05, 0) is 25.5 Å². The van der Waals surface area contributed by atoms with E-state index < -0.39 is 0 Å². The minimum absolute atomic E-state index is 0.739. The number of benzene rings is 1. The van der Waals surface area contributed by atoms with Gasteiger partial charge in [0.15, 0.2) is 0 Å². The first-order valence-electron chi connectivity index (χ1n) is 4.75. The van der Waals surface area contributed by atoms with Crippen LogP contribution in [0.25, 0.3) is 0 Å². The van der Waals surface area contributed by atoms with Crippen LogP contribution in [0.15, 0.2) is 24.3 Å². The Morgan fingerprint density at radius 2 is 2.00 bits per heavy atom. The lowest BCUT2D eigenvalue weighted by atomic mass is 10.2. The summed E-state index contributed by atoms with van der Waals surface area (Å²) in [6.45, 7) is 4.87. The summed E-state index contributed by atoms with van der Waals surface area (Å²) >= 11 is 0. The lowest BCUT2D eigenvalue weighted by Gasteiger charge is -2.28. The Morgan fingerprint density at radius 3 is 2.62 bits per heavy atom. The van der Waals surface area contributed by atoms with Crippen molar-refractivity contribution in [2.75, 3.05) is 24.8 Å². The molecule has 0 aromatic heterocycles. The van der Waals surface area contributed by atoms with Gasteiger partial charge in [-0.3, -0.25) is 0 Å². The SMILES string of the molecule is Cc1ccc(N2CCCOC2)cc1. The van der Waals surface area contributed by atoms with Crippen molar-refractivity contribution >= 4 is 5.69 Å². The van der Waals surface area contributed by atoms with Crippen molar-refractivity contribution in [3.63, 3.8) is 0 Å². The standard InChI is InChI=1S/C11H15NO/c1-10-3-5-11(6-4-10)12-7-2-8-13-9-12/h3-6H,2,7-9H2,1H3. The highest BCUT2D eigenvalue weighted by molar-refractivity contribution is 5.47. The number of rotatable bonds is 1. The lowest BCUT2D eigenvalue weighted by molar-refractivity contribution is 0.107. The molecule has 0 radical (unpaired) electrons. The molecule has 1 aromatic carbocycles. The molecule has 13 heavy (non-hydrogen) atoms. The molecule has 0 saturated carbocycles. The zero-order valence-corrected chi connectivity index (χ0v) is 7.99. The van der Waals surface area contributed by atoms with Gasteiger partial charge >= 0.3 is 0 Å². The summed E-state index contributed by atoms with van der Waals surface area (Å²) in [5.41, 5.74) is 2.58. The molecular weight excluding hydrogens is 162 g/mol. The van der Waals surface area contributed by atoms with Gasteiger partial charge in [-0.2, -0.15) is 0 Å². The first-order chi connectivity index (χ1) is 6.36. The lowest BCUT2D eigenvalue weighted by Crippen LogP contribution is -2.32. The van der Waals surface area contributed by atoms with Crippen LogP contribution in [0.3, 0.4) is 0 Å². The monoisotopic (exact) mass is 177 g/mol. The third-order valence-electron chi connectivity index (χ3n) is 2.36. The van der Waals surface area contributed by atoms with Crippen LogP contribution in [-0.2, 0) is 4.74 Å². The molecule has 2 rings (SSSR count). The van der Waals surface area contributed by atoms with Crippen molar-refractivity contribution < 1.29 is 4.74 Å². The van der Waals surface area contributed by atoms with Crippen molar-refractivity contribution in [3.8, 4) is 0 Å². The summed E-state index contributed by atoms with van der Waals surface area (Å²) in [6, 6.07) is 8.60. The van der Waals surface area contributed by atoms with Gasteiger partial charge in [0, 0.05) is 12.2 Å². The van der Waals surface area contributed by atoms with Crippen LogP contribution in [0.1, 0.15) is 12.0 Å². The van der Waals surface area contributed by atoms with Crippen LogP contribution in [-0.4, -0.2) is 19.9 Å². The van der Waals surface area contributed by atoms with Crippen molar-refractivity contribution in [1.82, 2.24) is 0 Å². The highest BCUT2D eigenvalue weighted by Gasteiger charge is 2.09. The molecule has 0 amide bonds. The van der Waals surface area contributed by atoms with E-state index in [0.717, 1.165) is 26.3 Å². The molecule has 1 aliphatic rings. The van der Waals surface area contributed by atoms with Crippen LogP contribution >= 0.6 is 0 Å². The number of hydrogen-bond acceptors (Lipinski definition) is 2. The molecule has 1 aliphatic heterocycles. The molecule has 2 nitrogen and oxygen atoms in total. The molecule has 1 fully saturated rings. The second kappa shape index (κ2) is 3.79. The fraction of sp³-hybridized carbons (Fsp3) is 0.455. The Labute approximate surface area is 79.1 Å². The third kappa shape index (κ3) is 2.01. The van der Waals surface area contributed by atoms with Crippen LogP contribution in [0.2, 0.25) is 0 Å². The predicted octanol–water partition coefficient (Wildman–Crippen LogP) is 2.18. The molecule has 1 heterocycles. The van der Waals surface area contributed by atoms with Gasteiger partial charge in [0.25, 0.3) is 0 Å². The van der Waals surface area contributed by atoms with Gasteiger partial charge < -0.3 is 9.64 Å². The summed E-state index contributed by atoms with van der Waals surface area (Å²) in [4.78, 5) is 2.27. The Hall–Kier alpha value is -1.02. The van der Waals surface area contributed by atoms with E-state index in [1.165, 1.54) is 11.3 Å². The first kappa shape index (κ1) is 8.57. The fourth-order valence-corrected chi connectivity index (χ4v) is 1.56. The topological polar surface area (TPSA) is 12.5 Å². The van der Waals surface area contributed by atoms with Crippen molar-refractivity contribution in [2.24, 2.45) is 0 Å². The minimum Gasteiger partial charge on any atom is -0.361 e. The summed E-state index contributed by atoms with van der Waals surface area (Å²) in [5.74, 6) is 0. The second-order valence-corrected chi connectivity index (χ2v) is 3.49. The molecule has 70 valence electrons. The molecular formula is C11H15NO. The van der Waals surface area contributed by atoms with Crippen molar-refractivity contribution in [1.29, 1.82) is 0 Å². The van der Waals surface area contributed by atoms with Gasteiger partial charge in [0.05, 0.1) is 6.61 Å². The Balaban J connectivity index is 2.10. The molecule has 0 atom stereocenters. The van der Waals surface area contributed by atoms with E-state index in [-0.39, 0.29) is 0 Å². The predicted molar refractivity (Wildman–Crippen MR) is 54.0 cm³/mol. The van der Waals surface area contributed by atoms with E-state index >= 15 is 0 Å². The average molecular weight is 177 g/mol. The summed E-state index contributed by atoms with van der Waals surface area (Å²) in [7, 11) is 0. The normalized spacial score (nSPS) is 17.5. The number of anilines is 1. The molecule has 0 N–H and O–H groups in total. The van der Waals surface area contributed by atoms with Crippen LogP contribution in [0.4, 0.5) is 5.69 Å². The van der Waals surface area contributed by atoms with E-state index in [9.17, 15) is 0 Å².